The molecule has 0 N–H and O–H groups in total. The zero-order valence-electron chi connectivity index (χ0n) is 8.92. The Kier molecular flexibility index (Phi) is 2.22. The highest BCUT2D eigenvalue weighted by molar-refractivity contribution is 7.09. The molecule has 0 aliphatic heterocycles. The van der Waals surface area contributed by atoms with Crippen LogP contribution in [0.5, 0.6) is 0 Å². The highest BCUT2D eigenvalue weighted by Crippen LogP contribution is 2.13. The standard InChI is InChI=1S/C12H11N3S/c1-9-4-2-6-12-13-11(14-15(9)12)8-10-5-3-7-16-10/h2-7H,8H2,1H3. The number of nitrogens with zero attached hydrogens (tertiary/aromatic N) is 3. The van der Waals surface area contributed by atoms with Crippen molar-refractivity contribution in [1.82, 2.24) is 14.6 Å². The van der Waals surface area contributed by atoms with E-state index in [4.69, 9.17) is 0 Å². The van der Waals surface area contributed by atoms with E-state index >= 15 is 0 Å². The van der Waals surface area contributed by atoms with Crippen LogP contribution in [0, 0.1) is 6.92 Å². The van der Waals surface area contributed by atoms with Crippen LogP contribution in [-0.4, -0.2) is 14.6 Å². The second kappa shape index (κ2) is 3.72. The second-order valence-corrected chi connectivity index (χ2v) is 4.75. The SMILES string of the molecule is Cc1cccc2nc(Cc3cccs3)nn12. The molecule has 0 aromatic carbocycles. The number of rotatable bonds is 2. The molecule has 3 heterocycles. The summed E-state index contributed by atoms with van der Waals surface area (Å²) in [6.45, 7) is 2.04. The van der Waals surface area contributed by atoms with Gasteiger partial charge < -0.3 is 0 Å². The number of hydrogen-bond acceptors (Lipinski definition) is 3. The van der Waals surface area contributed by atoms with Crippen molar-refractivity contribution >= 4 is 17.0 Å². The van der Waals surface area contributed by atoms with E-state index in [9.17, 15) is 0 Å². The van der Waals surface area contributed by atoms with Gasteiger partial charge in [0.05, 0.1) is 0 Å². The van der Waals surface area contributed by atoms with Crippen LogP contribution in [0.4, 0.5) is 0 Å². The molecule has 0 spiro atoms. The molecule has 0 radical (unpaired) electrons. The van der Waals surface area contributed by atoms with Gasteiger partial charge in [0.15, 0.2) is 11.5 Å². The van der Waals surface area contributed by atoms with E-state index in [0.717, 1.165) is 23.6 Å². The molecule has 3 nitrogen and oxygen atoms in total. The highest BCUT2D eigenvalue weighted by Gasteiger charge is 2.06. The van der Waals surface area contributed by atoms with E-state index in [1.165, 1.54) is 4.88 Å². The van der Waals surface area contributed by atoms with Crippen molar-refractivity contribution in [3.63, 3.8) is 0 Å². The smallest absolute Gasteiger partial charge is 0.156 e. The molecule has 0 unspecified atom stereocenters. The molecule has 3 aromatic heterocycles. The fraction of sp³-hybridized carbons (Fsp3) is 0.167. The molecule has 3 aromatic rings. The van der Waals surface area contributed by atoms with Crippen LogP contribution >= 0.6 is 11.3 Å². The molecule has 0 aliphatic carbocycles. The third-order valence-electron chi connectivity index (χ3n) is 2.51. The molecule has 0 aliphatic rings. The molecular formula is C12H11N3S. The lowest BCUT2D eigenvalue weighted by Crippen LogP contribution is -1.93. The minimum absolute atomic E-state index is 0.818. The highest BCUT2D eigenvalue weighted by atomic mass is 32.1. The number of thiophene rings is 1. The molecule has 0 saturated heterocycles. The van der Waals surface area contributed by atoms with Gasteiger partial charge in [-0.15, -0.1) is 11.3 Å². The van der Waals surface area contributed by atoms with Gasteiger partial charge in [0.1, 0.15) is 0 Å². The first kappa shape index (κ1) is 9.54. The molecule has 80 valence electrons. The summed E-state index contributed by atoms with van der Waals surface area (Å²) in [5.74, 6) is 0.886. The zero-order chi connectivity index (χ0) is 11.0. The predicted octanol–water partition coefficient (Wildman–Crippen LogP) is 2.69. The average molecular weight is 229 g/mol. The van der Waals surface area contributed by atoms with Gasteiger partial charge in [0.25, 0.3) is 0 Å². The second-order valence-electron chi connectivity index (χ2n) is 3.72. The molecule has 4 heteroatoms. The molecule has 3 rings (SSSR count). The molecule has 0 bridgehead atoms. The minimum Gasteiger partial charge on any atom is -0.218 e. The van der Waals surface area contributed by atoms with Crippen molar-refractivity contribution in [2.24, 2.45) is 0 Å². The number of aryl methyl sites for hydroxylation is 1. The minimum atomic E-state index is 0.818. The maximum absolute atomic E-state index is 4.51. The van der Waals surface area contributed by atoms with Crippen LogP contribution in [0.2, 0.25) is 0 Å². The van der Waals surface area contributed by atoms with E-state index in [0.29, 0.717) is 0 Å². The lowest BCUT2D eigenvalue weighted by Gasteiger charge is -1.94. The largest absolute Gasteiger partial charge is 0.218 e. The number of aromatic nitrogens is 3. The Morgan fingerprint density at radius 3 is 2.94 bits per heavy atom. The average Bonchev–Trinajstić information content (AvgIpc) is 2.88. The molecular weight excluding hydrogens is 218 g/mol. The molecule has 0 fully saturated rings. The number of hydrogen-bond donors (Lipinski definition) is 0. The van der Waals surface area contributed by atoms with Gasteiger partial charge in [-0.2, -0.15) is 5.10 Å². The molecule has 0 amide bonds. The number of pyridine rings is 1. The van der Waals surface area contributed by atoms with Crippen LogP contribution in [0.15, 0.2) is 35.7 Å². The summed E-state index contributed by atoms with van der Waals surface area (Å²) in [7, 11) is 0. The fourth-order valence-corrected chi connectivity index (χ4v) is 2.43. The molecule has 0 saturated carbocycles. The van der Waals surface area contributed by atoms with Crippen LogP contribution in [0.3, 0.4) is 0 Å². The molecule has 0 atom stereocenters. The predicted molar refractivity (Wildman–Crippen MR) is 64.8 cm³/mol. The summed E-state index contributed by atoms with van der Waals surface area (Å²) < 4.78 is 1.89. The summed E-state index contributed by atoms with van der Waals surface area (Å²) in [5, 5.41) is 6.58. The summed E-state index contributed by atoms with van der Waals surface area (Å²) >= 11 is 1.74. The maximum Gasteiger partial charge on any atom is 0.156 e. The van der Waals surface area contributed by atoms with Gasteiger partial charge in [0.2, 0.25) is 0 Å². The maximum atomic E-state index is 4.51. The van der Waals surface area contributed by atoms with E-state index in [-0.39, 0.29) is 0 Å². The third kappa shape index (κ3) is 1.61. The summed E-state index contributed by atoms with van der Waals surface area (Å²) in [6.07, 6.45) is 0.818. The third-order valence-corrected chi connectivity index (χ3v) is 3.38. The van der Waals surface area contributed by atoms with E-state index < -0.39 is 0 Å². The topological polar surface area (TPSA) is 30.2 Å². The zero-order valence-corrected chi connectivity index (χ0v) is 9.74. The fourth-order valence-electron chi connectivity index (χ4n) is 1.72. The van der Waals surface area contributed by atoms with Crippen molar-refractivity contribution < 1.29 is 0 Å². The van der Waals surface area contributed by atoms with Gasteiger partial charge in [0, 0.05) is 17.0 Å². The van der Waals surface area contributed by atoms with Crippen molar-refractivity contribution in [1.29, 1.82) is 0 Å². The first-order valence-corrected chi connectivity index (χ1v) is 6.04. The van der Waals surface area contributed by atoms with Gasteiger partial charge in [-0.25, -0.2) is 9.50 Å². The summed E-state index contributed by atoms with van der Waals surface area (Å²) in [4.78, 5) is 5.81. The van der Waals surface area contributed by atoms with Crippen LogP contribution in [0.1, 0.15) is 16.4 Å². The van der Waals surface area contributed by atoms with Gasteiger partial charge in [-0.3, -0.25) is 0 Å². The van der Waals surface area contributed by atoms with Crippen molar-refractivity contribution in [2.45, 2.75) is 13.3 Å². The Hall–Kier alpha value is -1.68. The first-order valence-electron chi connectivity index (χ1n) is 5.16. The van der Waals surface area contributed by atoms with E-state index in [2.05, 4.69) is 27.6 Å². The van der Waals surface area contributed by atoms with E-state index in [1.54, 1.807) is 11.3 Å². The van der Waals surface area contributed by atoms with Crippen LogP contribution < -0.4 is 0 Å². The number of fused-ring (bicyclic) bond motifs is 1. The van der Waals surface area contributed by atoms with Crippen LogP contribution in [-0.2, 0) is 6.42 Å². The molecule has 16 heavy (non-hydrogen) atoms. The Bertz CT molecular complexity index is 610. The summed E-state index contributed by atoms with van der Waals surface area (Å²) in [5.41, 5.74) is 2.04. The van der Waals surface area contributed by atoms with E-state index in [1.807, 2.05) is 29.6 Å². The Balaban J connectivity index is 2.02. The quantitative estimate of drug-likeness (QED) is 0.676. The monoisotopic (exact) mass is 229 g/mol. The Morgan fingerprint density at radius 2 is 2.19 bits per heavy atom. The summed E-state index contributed by atoms with van der Waals surface area (Å²) in [6, 6.07) is 10.2. The van der Waals surface area contributed by atoms with Crippen molar-refractivity contribution in [3.8, 4) is 0 Å². The first-order chi connectivity index (χ1) is 7.83. The van der Waals surface area contributed by atoms with Gasteiger partial charge in [-0.1, -0.05) is 12.1 Å². The Morgan fingerprint density at radius 1 is 1.25 bits per heavy atom. The normalized spacial score (nSPS) is 11.1. The lowest BCUT2D eigenvalue weighted by molar-refractivity contribution is 0.874. The van der Waals surface area contributed by atoms with Crippen LogP contribution in [0.25, 0.3) is 5.65 Å². The van der Waals surface area contributed by atoms with Gasteiger partial charge >= 0.3 is 0 Å². The van der Waals surface area contributed by atoms with Crippen molar-refractivity contribution in [3.05, 3.63) is 52.1 Å². The Labute approximate surface area is 97.4 Å². The van der Waals surface area contributed by atoms with Gasteiger partial charge in [-0.05, 0) is 30.5 Å². The lowest BCUT2D eigenvalue weighted by atomic mass is 10.3. The van der Waals surface area contributed by atoms with Crippen molar-refractivity contribution in [2.75, 3.05) is 0 Å².